The first-order valence-electron chi connectivity index (χ1n) is 12.6. The van der Waals surface area contributed by atoms with E-state index in [1.165, 1.54) is 49.3 Å². The lowest BCUT2D eigenvalue weighted by atomic mass is 10.1. The summed E-state index contributed by atoms with van der Waals surface area (Å²) in [6.45, 7) is 4.76. The minimum Gasteiger partial charge on any atom is -0.495 e. The molecule has 0 saturated carbocycles. The molecule has 2 amide bonds. The molecule has 39 heavy (non-hydrogen) atoms. The van der Waals surface area contributed by atoms with E-state index in [-0.39, 0.29) is 28.4 Å². The molecule has 0 aliphatic rings. The molecule has 0 aliphatic carbocycles. The average Bonchev–Trinajstić information content (AvgIpc) is 2.94. The van der Waals surface area contributed by atoms with Crippen LogP contribution in [0.3, 0.4) is 0 Å². The summed E-state index contributed by atoms with van der Waals surface area (Å²) >= 11 is 0. The molecule has 1 atom stereocenters. The number of methoxy groups -OCH3 is 1. The Morgan fingerprint density at radius 3 is 2.33 bits per heavy atom. The first kappa shape index (κ1) is 29.6. The van der Waals surface area contributed by atoms with Crippen molar-refractivity contribution in [1.82, 2.24) is 10.2 Å². The molecule has 0 radical (unpaired) electrons. The molecule has 0 bridgehead atoms. The molecule has 8 nitrogen and oxygen atoms in total. The topological polar surface area (TPSA) is 96.0 Å². The molecule has 0 spiro atoms. The fourth-order valence-corrected chi connectivity index (χ4v) is 5.45. The van der Waals surface area contributed by atoms with Gasteiger partial charge in [0.05, 0.1) is 17.7 Å². The van der Waals surface area contributed by atoms with Gasteiger partial charge in [-0.1, -0.05) is 49.4 Å². The summed E-state index contributed by atoms with van der Waals surface area (Å²) in [5, 5.41) is 2.76. The summed E-state index contributed by atoms with van der Waals surface area (Å²) in [5.41, 5.74) is 1.12. The van der Waals surface area contributed by atoms with Crippen LogP contribution < -0.4 is 14.4 Å². The van der Waals surface area contributed by atoms with Crippen LogP contribution in [0, 0.1) is 12.7 Å². The van der Waals surface area contributed by atoms with Gasteiger partial charge in [0, 0.05) is 18.7 Å². The van der Waals surface area contributed by atoms with Crippen LogP contribution in [-0.4, -0.2) is 51.4 Å². The van der Waals surface area contributed by atoms with Gasteiger partial charge in [-0.3, -0.25) is 13.9 Å². The lowest BCUT2D eigenvalue weighted by Gasteiger charge is -2.32. The quantitative estimate of drug-likeness (QED) is 0.360. The van der Waals surface area contributed by atoms with Crippen molar-refractivity contribution in [3.8, 4) is 5.75 Å². The fraction of sp³-hybridized carbons (Fsp3) is 0.310. The molecule has 0 aromatic heterocycles. The molecule has 3 aromatic carbocycles. The van der Waals surface area contributed by atoms with Crippen molar-refractivity contribution in [3.05, 3.63) is 89.7 Å². The van der Waals surface area contributed by atoms with E-state index in [1.807, 2.05) is 6.92 Å². The van der Waals surface area contributed by atoms with Gasteiger partial charge >= 0.3 is 0 Å². The van der Waals surface area contributed by atoms with Crippen LogP contribution in [0.15, 0.2) is 77.7 Å². The number of anilines is 1. The predicted molar refractivity (Wildman–Crippen MR) is 148 cm³/mol. The minimum absolute atomic E-state index is 0.0178. The summed E-state index contributed by atoms with van der Waals surface area (Å²) in [4.78, 5) is 28.0. The molecule has 0 heterocycles. The number of carbonyl (C=O) groups excluding carboxylic acids is 2. The molecule has 10 heteroatoms. The summed E-state index contributed by atoms with van der Waals surface area (Å²) in [6, 6.07) is 17.7. The Hall–Kier alpha value is -3.92. The van der Waals surface area contributed by atoms with Crippen LogP contribution in [0.2, 0.25) is 0 Å². The number of hydrogen-bond donors (Lipinski definition) is 1. The van der Waals surface area contributed by atoms with Gasteiger partial charge in [-0.25, -0.2) is 12.8 Å². The molecule has 1 N–H and O–H groups in total. The maximum Gasteiger partial charge on any atom is 0.264 e. The van der Waals surface area contributed by atoms with Crippen molar-refractivity contribution in [1.29, 1.82) is 0 Å². The van der Waals surface area contributed by atoms with Crippen molar-refractivity contribution in [3.63, 3.8) is 0 Å². The maximum atomic E-state index is 14.6. The van der Waals surface area contributed by atoms with Crippen LogP contribution in [0.25, 0.3) is 0 Å². The fourth-order valence-electron chi connectivity index (χ4n) is 4.02. The average molecular weight is 556 g/mol. The standard InChI is InChI=1S/C29H34FN3O5S/c1-5-17-31-29(35)22(3)32(19-23-11-9-10-14-25(23)30)28(34)20-33(26-18-21(2)15-16-27(26)38-4)39(36,37)24-12-7-6-8-13-24/h6-16,18,22H,5,17,19-20H2,1-4H3,(H,31,35)/t22-/m1/s1. The molecule has 0 aliphatic heterocycles. The third-order valence-corrected chi connectivity index (χ3v) is 8.00. The number of carbonyl (C=O) groups is 2. The van der Waals surface area contributed by atoms with E-state index in [1.54, 1.807) is 49.4 Å². The zero-order valence-corrected chi connectivity index (χ0v) is 23.4. The van der Waals surface area contributed by atoms with E-state index in [0.717, 1.165) is 9.87 Å². The summed E-state index contributed by atoms with van der Waals surface area (Å²) in [6.07, 6.45) is 0.690. The van der Waals surface area contributed by atoms with E-state index in [2.05, 4.69) is 5.32 Å². The number of aryl methyl sites for hydroxylation is 1. The van der Waals surface area contributed by atoms with E-state index >= 15 is 0 Å². The molecule has 208 valence electrons. The van der Waals surface area contributed by atoms with Gasteiger partial charge in [0.15, 0.2) is 0 Å². The summed E-state index contributed by atoms with van der Waals surface area (Å²) < 4.78 is 48.8. The van der Waals surface area contributed by atoms with Gasteiger partial charge in [0.25, 0.3) is 10.0 Å². The molecule has 0 unspecified atom stereocenters. The third kappa shape index (κ3) is 7.14. The number of benzene rings is 3. The second-order valence-electron chi connectivity index (χ2n) is 9.08. The van der Waals surface area contributed by atoms with Gasteiger partial charge in [-0.2, -0.15) is 0 Å². The largest absolute Gasteiger partial charge is 0.495 e. The Labute approximate surface area is 229 Å². The molecule has 0 saturated heterocycles. The lowest BCUT2D eigenvalue weighted by Crippen LogP contribution is -2.51. The van der Waals surface area contributed by atoms with Crippen LogP contribution in [0.1, 0.15) is 31.4 Å². The highest BCUT2D eigenvalue weighted by Gasteiger charge is 2.34. The minimum atomic E-state index is -4.24. The number of ether oxygens (including phenoxy) is 1. The highest BCUT2D eigenvalue weighted by molar-refractivity contribution is 7.92. The maximum absolute atomic E-state index is 14.6. The van der Waals surface area contributed by atoms with Crippen LogP contribution in [0.4, 0.5) is 10.1 Å². The Kier molecular flexibility index (Phi) is 10.1. The van der Waals surface area contributed by atoms with Crippen molar-refractivity contribution in [2.75, 3.05) is 24.5 Å². The van der Waals surface area contributed by atoms with Gasteiger partial charge in [0.1, 0.15) is 24.2 Å². The lowest BCUT2D eigenvalue weighted by molar-refractivity contribution is -0.139. The van der Waals surface area contributed by atoms with Crippen molar-refractivity contribution < 1.29 is 27.1 Å². The highest BCUT2D eigenvalue weighted by atomic mass is 32.2. The Bertz CT molecular complexity index is 1400. The van der Waals surface area contributed by atoms with Crippen LogP contribution >= 0.6 is 0 Å². The number of sulfonamides is 1. The smallest absolute Gasteiger partial charge is 0.264 e. The second-order valence-corrected chi connectivity index (χ2v) is 10.9. The zero-order chi connectivity index (χ0) is 28.6. The number of nitrogens with zero attached hydrogens (tertiary/aromatic N) is 2. The van der Waals surface area contributed by atoms with E-state index in [9.17, 15) is 22.4 Å². The Balaban J connectivity index is 2.09. The third-order valence-electron chi connectivity index (χ3n) is 6.23. The molecule has 3 aromatic rings. The first-order chi connectivity index (χ1) is 18.6. The van der Waals surface area contributed by atoms with Crippen molar-refractivity contribution >= 4 is 27.5 Å². The SMILES string of the molecule is CCCNC(=O)[C@@H](C)N(Cc1ccccc1F)C(=O)CN(c1cc(C)ccc1OC)S(=O)(=O)c1ccccc1. The van der Waals surface area contributed by atoms with Gasteiger partial charge in [-0.15, -0.1) is 0 Å². The number of halogens is 1. The molecule has 0 fully saturated rings. The number of nitrogens with one attached hydrogen (secondary N) is 1. The van der Waals surface area contributed by atoms with Gasteiger partial charge in [-0.05, 0) is 56.2 Å². The predicted octanol–water partition coefficient (Wildman–Crippen LogP) is 4.28. The van der Waals surface area contributed by atoms with Crippen molar-refractivity contribution in [2.45, 2.75) is 44.7 Å². The van der Waals surface area contributed by atoms with E-state index < -0.39 is 40.2 Å². The summed E-state index contributed by atoms with van der Waals surface area (Å²) in [5.74, 6) is -1.39. The van der Waals surface area contributed by atoms with Gasteiger partial charge in [0.2, 0.25) is 11.8 Å². The molecule has 3 rings (SSSR count). The molecular weight excluding hydrogens is 521 g/mol. The molecular formula is C29H34FN3O5S. The first-order valence-corrected chi connectivity index (χ1v) is 14.1. The van der Waals surface area contributed by atoms with Crippen LogP contribution in [-0.2, 0) is 26.2 Å². The monoisotopic (exact) mass is 555 g/mol. The number of hydrogen-bond acceptors (Lipinski definition) is 5. The van der Waals surface area contributed by atoms with Crippen LogP contribution in [0.5, 0.6) is 5.75 Å². The zero-order valence-electron chi connectivity index (χ0n) is 22.6. The van der Waals surface area contributed by atoms with Crippen molar-refractivity contribution in [2.24, 2.45) is 0 Å². The Morgan fingerprint density at radius 1 is 1.03 bits per heavy atom. The normalized spacial score (nSPS) is 11.9. The Morgan fingerprint density at radius 2 is 1.69 bits per heavy atom. The number of rotatable bonds is 12. The van der Waals surface area contributed by atoms with E-state index in [4.69, 9.17) is 4.74 Å². The number of amides is 2. The summed E-state index contributed by atoms with van der Waals surface area (Å²) in [7, 11) is -2.83. The second kappa shape index (κ2) is 13.2. The van der Waals surface area contributed by atoms with E-state index in [0.29, 0.717) is 13.0 Å². The highest BCUT2D eigenvalue weighted by Crippen LogP contribution is 2.33. The van der Waals surface area contributed by atoms with Gasteiger partial charge < -0.3 is 15.0 Å².